The number of hydrogen-bond donors (Lipinski definition) is 1. The van der Waals surface area contributed by atoms with E-state index in [-0.39, 0.29) is 10.5 Å². The second kappa shape index (κ2) is 7.34. The molecular formula is C18H13ClFN3O3S. The van der Waals surface area contributed by atoms with Crippen molar-refractivity contribution in [1.82, 2.24) is 8.96 Å². The molecule has 0 saturated heterocycles. The van der Waals surface area contributed by atoms with Gasteiger partial charge in [-0.3, -0.25) is 4.79 Å². The molecule has 1 atom stereocenters. The summed E-state index contributed by atoms with van der Waals surface area (Å²) in [6.07, 6.45) is 0.708. The van der Waals surface area contributed by atoms with Gasteiger partial charge in [-0.15, -0.1) is 0 Å². The first-order valence-corrected chi connectivity index (χ1v) is 9.64. The first kappa shape index (κ1) is 18.8. The minimum atomic E-state index is -3.38. The van der Waals surface area contributed by atoms with Crippen molar-refractivity contribution in [2.75, 3.05) is 5.32 Å². The van der Waals surface area contributed by atoms with E-state index in [1.54, 1.807) is 18.2 Å². The highest BCUT2D eigenvalue weighted by Gasteiger charge is 2.18. The number of halogens is 2. The molecule has 0 fully saturated rings. The number of benzene rings is 2. The normalized spacial score (nSPS) is 13.0. The van der Waals surface area contributed by atoms with E-state index in [4.69, 9.17) is 11.6 Å². The fourth-order valence-corrected chi connectivity index (χ4v) is 3.72. The van der Waals surface area contributed by atoms with Gasteiger partial charge in [-0.05, 0) is 42.3 Å². The Bertz CT molecular complexity index is 1160. The minimum absolute atomic E-state index is 0.177. The van der Waals surface area contributed by atoms with Crippen LogP contribution in [0.1, 0.15) is 10.4 Å². The Morgan fingerprint density at radius 3 is 2.41 bits per heavy atom. The molecule has 0 spiro atoms. The fraction of sp³-hybridized carbons (Fsp3) is 0. The highest BCUT2D eigenvalue weighted by atomic mass is 35.5. The van der Waals surface area contributed by atoms with Crippen LogP contribution < -0.4 is 11.0 Å². The van der Waals surface area contributed by atoms with Crippen molar-refractivity contribution in [2.45, 2.75) is 4.90 Å². The maximum atomic E-state index is 14.4. The standard InChI is InChI=1S/C18H13ClFN3O3S/c1-27(26,14-9-7-13(19)8-10-14)23-11-15(20)16(22-18(23)25)21-17(24)12-5-3-2-4-6-12/h2-11H,1H2,(H,21,22,24,25). The van der Waals surface area contributed by atoms with Crippen molar-refractivity contribution >= 4 is 38.9 Å². The second-order valence-electron chi connectivity index (χ2n) is 5.46. The van der Waals surface area contributed by atoms with Gasteiger partial charge in [0.25, 0.3) is 5.91 Å². The Kier molecular flexibility index (Phi) is 5.11. The molecule has 0 aliphatic rings. The highest BCUT2D eigenvalue weighted by molar-refractivity contribution is 7.98. The Balaban J connectivity index is 1.97. The average Bonchev–Trinajstić information content (AvgIpc) is 2.65. The van der Waals surface area contributed by atoms with Crippen molar-refractivity contribution in [3.05, 3.63) is 87.7 Å². The molecule has 3 aromatic rings. The summed E-state index contributed by atoms with van der Waals surface area (Å²) in [6, 6.07) is 13.9. The van der Waals surface area contributed by atoms with Gasteiger partial charge >= 0.3 is 5.69 Å². The largest absolute Gasteiger partial charge is 0.361 e. The predicted molar refractivity (Wildman–Crippen MR) is 103 cm³/mol. The smallest absolute Gasteiger partial charge is 0.304 e. The average molecular weight is 406 g/mol. The molecule has 0 radical (unpaired) electrons. The molecule has 9 heteroatoms. The number of anilines is 1. The zero-order valence-electron chi connectivity index (χ0n) is 13.8. The molecule has 1 aromatic heterocycles. The van der Waals surface area contributed by atoms with Crippen LogP contribution in [0.3, 0.4) is 0 Å². The Hall–Kier alpha value is -2.97. The summed E-state index contributed by atoms with van der Waals surface area (Å²) in [6.45, 7) is 0. The third kappa shape index (κ3) is 3.91. The van der Waals surface area contributed by atoms with Gasteiger partial charge in [0.05, 0.1) is 20.8 Å². The van der Waals surface area contributed by atoms with E-state index in [1.807, 2.05) is 0 Å². The highest BCUT2D eigenvalue weighted by Crippen LogP contribution is 2.17. The van der Waals surface area contributed by atoms with Gasteiger partial charge in [0.1, 0.15) is 0 Å². The molecule has 1 N–H and O–H groups in total. The summed E-state index contributed by atoms with van der Waals surface area (Å²) in [5, 5.41) is 2.63. The number of hydrogen-bond acceptors (Lipinski definition) is 4. The van der Waals surface area contributed by atoms with Crippen LogP contribution in [0.4, 0.5) is 10.2 Å². The maximum Gasteiger partial charge on any atom is 0.361 e. The number of carbonyl (C=O) groups excluding carboxylic acids is 1. The van der Waals surface area contributed by atoms with Crippen LogP contribution in [-0.2, 0) is 9.71 Å². The molecular weight excluding hydrogens is 393 g/mol. The molecule has 27 heavy (non-hydrogen) atoms. The van der Waals surface area contributed by atoms with E-state index in [9.17, 15) is 18.2 Å². The van der Waals surface area contributed by atoms with Crippen LogP contribution in [0.2, 0.25) is 5.02 Å². The number of nitrogens with one attached hydrogen (secondary N) is 1. The summed E-state index contributed by atoms with van der Waals surface area (Å²) >= 11 is 5.79. The van der Waals surface area contributed by atoms with Gasteiger partial charge in [-0.2, -0.15) is 4.98 Å². The first-order chi connectivity index (χ1) is 12.8. The topological polar surface area (TPSA) is 81.1 Å². The summed E-state index contributed by atoms with van der Waals surface area (Å²) in [5.74, 6) is 1.32. The van der Waals surface area contributed by atoms with Crippen LogP contribution in [-0.4, -0.2) is 24.9 Å². The van der Waals surface area contributed by atoms with E-state index >= 15 is 0 Å². The van der Waals surface area contributed by atoms with Gasteiger partial charge in [0.15, 0.2) is 11.6 Å². The summed E-state index contributed by atoms with van der Waals surface area (Å²) in [7, 11) is -3.38. The lowest BCUT2D eigenvalue weighted by atomic mass is 10.2. The monoisotopic (exact) mass is 405 g/mol. The number of nitrogens with zero attached hydrogens (tertiary/aromatic N) is 2. The van der Waals surface area contributed by atoms with Crippen LogP contribution in [0.25, 0.3) is 0 Å². The van der Waals surface area contributed by atoms with Crippen LogP contribution in [0, 0.1) is 5.82 Å². The van der Waals surface area contributed by atoms with Gasteiger partial charge in [-0.1, -0.05) is 29.8 Å². The van der Waals surface area contributed by atoms with Crippen molar-refractivity contribution in [3.63, 3.8) is 0 Å². The van der Waals surface area contributed by atoms with E-state index in [2.05, 4.69) is 16.2 Å². The number of aromatic nitrogens is 2. The minimum Gasteiger partial charge on any atom is -0.304 e. The van der Waals surface area contributed by atoms with Crippen LogP contribution in [0.15, 0.2) is 70.5 Å². The van der Waals surface area contributed by atoms with E-state index in [0.29, 0.717) is 15.2 Å². The van der Waals surface area contributed by atoms with Gasteiger partial charge in [-0.25, -0.2) is 17.4 Å². The van der Waals surface area contributed by atoms with E-state index in [1.165, 1.54) is 36.4 Å². The third-order valence-electron chi connectivity index (χ3n) is 3.62. The van der Waals surface area contributed by atoms with Crippen molar-refractivity contribution in [2.24, 2.45) is 0 Å². The van der Waals surface area contributed by atoms with Crippen molar-refractivity contribution in [1.29, 1.82) is 0 Å². The molecule has 6 nitrogen and oxygen atoms in total. The molecule has 0 aliphatic heterocycles. The van der Waals surface area contributed by atoms with Crippen molar-refractivity contribution in [3.8, 4) is 0 Å². The fourth-order valence-electron chi connectivity index (χ4n) is 2.25. The maximum absolute atomic E-state index is 14.4. The summed E-state index contributed by atoms with van der Waals surface area (Å²) in [4.78, 5) is 28.1. The summed E-state index contributed by atoms with van der Waals surface area (Å²) < 4.78 is 27.9. The molecule has 1 amide bonds. The molecule has 0 aliphatic carbocycles. The van der Waals surface area contributed by atoms with Crippen LogP contribution in [0.5, 0.6) is 0 Å². The summed E-state index contributed by atoms with van der Waals surface area (Å²) in [5.41, 5.74) is -0.750. The zero-order valence-corrected chi connectivity index (χ0v) is 15.3. The predicted octanol–water partition coefficient (Wildman–Crippen LogP) is 2.83. The number of amides is 1. The molecule has 1 unspecified atom stereocenters. The van der Waals surface area contributed by atoms with E-state index in [0.717, 1.165) is 0 Å². The number of rotatable bonds is 4. The van der Waals surface area contributed by atoms with Gasteiger partial charge < -0.3 is 5.32 Å². The van der Waals surface area contributed by atoms with Crippen LogP contribution >= 0.6 is 11.6 Å². The molecule has 1 heterocycles. The lowest BCUT2D eigenvalue weighted by Crippen LogP contribution is -2.31. The lowest BCUT2D eigenvalue weighted by Gasteiger charge is -2.13. The van der Waals surface area contributed by atoms with Gasteiger partial charge in [0, 0.05) is 10.6 Å². The SMILES string of the molecule is C=S(=O)(c1ccc(Cl)cc1)n1cc(F)c(NC(=O)c2ccccc2)nc1=O. The lowest BCUT2D eigenvalue weighted by molar-refractivity contribution is 0.102. The zero-order chi connectivity index (χ0) is 19.6. The Morgan fingerprint density at radius 2 is 1.78 bits per heavy atom. The van der Waals surface area contributed by atoms with Gasteiger partial charge in [0.2, 0.25) is 0 Å². The quantitative estimate of drug-likeness (QED) is 0.677. The molecule has 0 saturated carbocycles. The van der Waals surface area contributed by atoms with Crippen molar-refractivity contribution < 1.29 is 13.4 Å². The van der Waals surface area contributed by atoms with E-state index < -0.39 is 32.9 Å². The first-order valence-electron chi connectivity index (χ1n) is 7.58. The second-order valence-corrected chi connectivity index (χ2v) is 8.04. The molecule has 2 aromatic carbocycles. The Morgan fingerprint density at radius 1 is 1.15 bits per heavy atom. The molecule has 3 rings (SSSR count). The third-order valence-corrected chi connectivity index (χ3v) is 5.78. The molecule has 0 bridgehead atoms. The molecule has 138 valence electrons. The number of carbonyl (C=O) groups is 1. The Labute approximate surface area is 159 Å².